The van der Waals surface area contributed by atoms with Crippen molar-refractivity contribution in [2.24, 2.45) is 0 Å². The zero-order valence-electron chi connectivity index (χ0n) is 6.17. The van der Waals surface area contributed by atoms with E-state index in [2.05, 4.69) is 12.6 Å². The number of rotatable bonds is 2. The second-order valence-corrected chi connectivity index (χ2v) is 2.50. The number of para-hydroxylation sites is 1. The molecule has 0 aliphatic carbocycles. The normalized spacial score (nSPS) is 9.73. The van der Waals surface area contributed by atoms with Gasteiger partial charge in [-0.2, -0.15) is 0 Å². The van der Waals surface area contributed by atoms with Gasteiger partial charge in [0.2, 0.25) is 0 Å². The van der Waals surface area contributed by atoms with Gasteiger partial charge in [-0.3, -0.25) is 0 Å². The molecule has 0 fully saturated rings. The smallest absolute Gasteiger partial charge is 0.168 e. The first-order valence-corrected chi connectivity index (χ1v) is 3.80. The average Bonchev–Trinajstić information content (AvgIpc) is 1.97. The SMILES string of the molecule is CCOc1c(F)cccc1S. The van der Waals surface area contributed by atoms with Crippen molar-refractivity contribution in [3.05, 3.63) is 24.0 Å². The fourth-order valence-electron chi connectivity index (χ4n) is 0.785. The summed E-state index contributed by atoms with van der Waals surface area (Å²) in [4.78, 5) is 0.534. The Bertz CT molecular complexity index is 230. The van der Waals surface area contributed by atoms with Crippen LogP contribution >= 0.6 is 12.6 Å². The van der Waals surface area contributed by atoms with Gasteiger partial charge in [0.15, 0.2) is 11.6 Å². The molecular weight excluding hydrogens is 163 g/mol. The molecule has 0 radical (unpaired) electrons. The highest BCUT2D eigenvalue weighted by Gasteiger charge is 2.04. The number of hydrogen-bond donors (Lipinski definition) is 1. The predicted octanol–water partition coefficient (Wildman–Crippen LogP) is 2.51. The molecule has 3 heteroatoms. The number of benzene rings is 1. The third-order valence-corrected chi connectivity index (χ3v) is 1.59. The van der Waals surface area contributed by atoms with Crippen LogP contribution < -0.4 is 4.74 Å². The Kier molecular flexibility index (Phi) is 2.76. The van der Waals surface area contributed by atoms with Gasteiger partial charge in [-0.25, -0.2) is 4.39 Å². The zero-order chi connectivity index (χ0) is 8.27. The molecule has 0 aromatic heterocycles. The molecule has 0 aliphatic rings. The summed E-state index contributed by atoms with van der Waals surface area (Å²) in [5.41, 5.74) is 0. The van der Waals surface area contributed by atoms with Crippen molar-refractivity contribution in [1.82, 2.24) is 0 Å². The average molecular weight is 172 g/mol. The van der Waals surface area contributed by atoms with Gasteiger partial charge >= 0.3 is 0 Å². The van der Waals surface area contributed by atoms with Crippen molar-refractivity contribution in [3.63, 3.8) is 0 Å². The van der Waals surface area contributed by atoms with E-state index in [1.54, 1.807) is 19.1 Å². The lowest BCUT2D eigenvalue weighted by atomic mass is 10.3. The largest absolute Gasteiger partial charge is 0.490 e. The van der Waals surface area contributed by atoms with E-state index in [1.165, 1.54) is 6.07 Å². The van der Waals surface area contributed by atoms with E-state index in [4.69, 9.17) is 4.74 Å². The molecule has 0 saturated heterocycles. The van der Waals surface area contributed by atoms with Crippen molar-refractivity contribution >= 4 is 12.6 Å². The second kappa shape index (κ2) is 3.62. The van der Waals surface area contributed by atoms with Gasteiger partial charge in [0.05, 0.1) is 6.61 Å². The van der Waals surface area contributed by atoms with Gasteiger partial charge in [-0.15, -0.1) is 12.6 Å². The third-order valence-electron chi connectivity index (χ3n) is 1.23. The molecule has 60 valence electrons. The summed E-state index contributed by atoms with van der Waals surface area (Å²) in [6, 6.07) is 4.64. The molecule has 0 amide bonds. The fourth-order valence-corrected chi connectivity index (χ4v) is 1.04. The van der Waals surface area contributed by atoms with Gasteiger partial charge in [-0.05, 0) is 19.1 Å². The quantitative estimate of drug-likeness (QED) is 0.674. The molecule has 0 heterocycles. The molecule has 0 bridgehead atoms. The highest BCUT2D eigenvalue weighted by Crippen LogP contribution is 2.25. The van der Waals surface area contributed by atoms with Crippen molar-refractivity contribution in [3.8, 4) is 5.75 Å². The van der Waals surface area contributed by atoms with Crippen LogP contribution in [0.1, 0.15) is 6.92 Å². The Morgan fingerprint density at radius 2 is 2.27 bits per heavy atom. The Hall–Kier alpha value is -0.700. The van der Waals surface area contributed by atoms with Crippen molar-refractivity contribution in [2.45, 2.75) is 11.8 Å². The Morgan fingerprint density at radius 3 is 2.82 bits per heavy atom. The van der Waals surface area contributed by atoms with Crippen molar-refractivity contribution in [1.29, 1.82) is 0 Å². The van der Waals surface area contributed by atoms with E-state index in [1.807, 2.05) is 0 Å². The first-order valence-electron chi connectivity index (χ1n) is 3.36. The molecule has 0 aliphatic heterocycles. The molecule has 0 spiro atoms. The molecule has 0 unspecified atom stereocenters. The summed E-state index contributed by atoms with van der Waals surface area (Å²) in [5, 5.41) is 0. The first-order chi connectivity index (χ1) is 5.25. The Morgan fingerprint density at radius 1 is 1.55 bits per heavy atom. The molecule has 0 N–H and O–H groups in total. The lowest BCUT2D eigenvalue weighted by Gasteiger charge is -2.05. The van der Waals surface area contributed by atoms with E-state index < -0.39 is 0 Å². The van der Waals surface area contributed by atoms with Crippen LogP contribution in [0.15, 0.2) is 23.1 Å². The van der Waals surface area contributed by atoms with Crippen LogP contribution in [0.5, 0.6) is 5.75 Å². The van der Waals surface area contributed by atoms with Gasteiger partial charge in [-0.1, -0.05) is 6.07 Å². The predicted molar refractivity (Wildman–Crippen MR) is 44.8 cm³/mol. The van der Waals surface area contributed by atoms with Gasteiger partial charge in [0.1, 0.15) is 0 Å². The highest BCUT2D eigenvalue weighted by atomic mass is 32.1. The minimum Gasteiger partial charge on any atom is -0.490 e. The van der Waals surface area contributed by atoms with E-state index in [0.717, 1.165) is 0 Å². The maximum absolute atomic E-state index is 12.9. The van der Waals surface area contributed by atoms with Crippen LogP contribution in [0.2, 0.25) is 0 Å². The number of halogens is 1. The summed E-state index contributed by atoms with van der Waals surface area (Å²) in [7, 11) is 0. The van der Waals surface area contributed by atoms with Crippen molar-refractivity contribution < 1.29 is 9.13 Å². The monoisotopic (exact) mass is 172 g/mol. The van der Waals surface area contributed by atoms with Crippen LogP contribution in [0.4, 0.5) is 4.39 Å². The molecule has 0 atom stereocenters. The van der Waals surface area contributed by atoms with Gasteiger partial charge < -0.3 is 4.74 Å². The van der Waals surface area contributed by atoms with Crippen LogP contribution in [0.3, 0.4) is 0 Å². The first kappa shape index (κ1) is 8.40. The fraction of sp³-hybridized carbons (Fsp3) is 0.250. The Labute approximate surface area is 70.6 Å². The van der Waals surface area contributed by atoms with Gasteiger partial charge in [0.25, 0.3) is 0 Å². The molecule has 0 saturated carbocycles. The molecule has 1 aromatic rings. The summed E-state index contributed by atoms with van der Waals surface area (Å²) < 4.78 is 17.9. The maximum atomic E-state index is 12.9. The lowest BCUT2D eigenvalue weighted by molar-refractivity contribution is 0.313. The molecule has 1 aromatic carbocycles. The Balaban J connectivity index is 3.00. The molecule has 1 rings (SSSR count). The summed E-state index contributed by atoms with van der Waals surface area (Å²) in [5.74, 6) is -0.127. The summed E-state index contributed by atoms with van der Waals surface area (Å²) >= 11 is 4.04. The van der Waals surface area contributed by atoms with Gasteiger partial charge in [0, 0.05) is 4.90 Å². The number of hydrogen-bond acceptors (Lipinski definition) is 2. The number of thiol groups is 1. The maximum Gasteiger partial charge on any atom is 0.168 e. The summed E-state index contributed by atoms with van der Waals surface area (Å²) in [6.07, 6.45) is 0. The minimum atomic E-state index is -0.362. The topological polar surface area (TPSA) is 9.23 Å². The van der Waals surface area contributed by atoms with Crippen LogP contribution in [-0.4, -0.2) is 6.61 Å². The van der Waals surface area contributed by atoms with Crippen LogP contribution in [0, 0.1) is 5.82 Å². The summed E-state index contributed by atoms with van der Waals surface area (Å²) in [6.45, 7) is 2.26. The van der Waals surface area contributed by atoms with E-state index in [9.17, 15) is 4.39 Å². The lowest BCUT2D eigenvalue weighted by Crippen LogP contribution is -1.95. The number of ether oxygens (including phenoxy) is 1. The molecular formula is C8H9FOS. The molecule has 11 heavy (non-hydrogen) atoms. The third kappa shape index (κ3) is 1.87. The van der Waals surface area contributed by atoms with Crippen LogP contribution in [-0.2, 0) is 0 Å². The standard InChI is InChI=1S/C8H9FOS/c1-2-10-8-6(9)4-3-5-7(8)11/h3-5,11H,2H2,1H3. The zero-order valence-corrected chi connectivity index (χ0v) is 7.07. The van der Waals surface area contributed by atoms with E-state index in [-0.39, 0.29) is 11.6 Å². The molecule has 1 nitrogen and oxygen atoms in total. The minimum absolute atomic E-state index is 0.235. The van der Waals surface area contributed by atoms with Crippen molar-refractivity contribution in [2.75, 3.05) is 6.61 Å². The van der Waals surface area contributed by atoms with E-state index in [0.29, 0.717) is 11.5 Å². The van der Waals surface area contributed by atoms with Crippen LogP contribution in [0.25, 0.3) is 0 Å². The highest BCUT2D eigenvalue weighted by molar-refractivity contribution is 7.80. The second-order valence-electron chi connectivity index (χ2n) is 2.02. The van der Waals surface area contributed by atoms with E-state index >= 15 is 0 Å².